The first-order valence-corrected chi connectivity index (χ1v) is 4.81. The minimum absolute atomic E-state index is 0.160. The summed E-state index contributed by atoms with van der Waals surface area (Å²) in [6.45, 7) is 0. The fourth-order valence-electron chi connectivity index (χ4n) is 1.20. The number of halogens is 4. The number of tetrazole rings is 1. The molecule has 0 bridgehead atoms. The lowest BCUT2D eigenvalue weighted by atomic mass is 10.3. The van der Waals surface area contributed by atoms with E-state index in [2.05, 4.69) is 15.2 Å². The lowest BCUT2D eigenvalue weighted by molar-refractivity contribution is -0.274. The van der Waals surface area contributed by atoms with Crippen LogP contribution in [0, 0.1) is 0 Å². The Bertz CT molecular complexity index is 621. The summed E-state index contributed by atoms with van der Waals surface area (Å²) in [6, 6.07) is 3.27. The highest BCUT2D eigenvalue weighted by atomic mass is 35.5. The summed E-state index contributed by atoms with van der Waals surface area (Å²) in [4.78, 5) is 11.2. The number of ether oxygens (including phenoxy) is 1. The van der Waals surface area contributed by atoms with Crippen LogP contribution in [0.5, 0.6) is 5.75 Å². The van der Waals surface area contributed by atoms with E-state index in [1.165, 1.54) is 6.07 Å². The fourth-order valence-corrected chi connectivity index (χ4v) is 1.41. The fraction of sp³-hybridized carbons (Fsp3) is 0.125. The van der Waals surface area contributed by atoms with Crippen molar-refractivity contribution in [2.75, 3.05) is 0 Å². The van der Waals surface area contributed by atoms with Crippen LogP contribution < -0.4 is 10.4 Å². The van der Waals surface area contributed by atoms with Gasteiger partial charge in [0.15, 0.2) is 0 Å². The van der Waals surface area contributed by atoms with Gasteiger partial charge in [0.2, 0.25) is 0 Å². The summed E-state index contributed by atoms with van der Waals surface area (Å²) in [5, 5.41) is 8.36. The van der Waals surface area contributed by atoms with Crippen LogP contribution in [-0.2, 0) is 0 Å². The van der Waals surface area contributed by atoms with E-state index >= 15 is 0 Å². The Labute approximate surface area is 102 Å². The molecule has 0 spiro atoms. The smallest absolute Gasteiger partial charge is 0.404 e. The number of hydrogen-bond donors (Lipinski definition) is 1. The van der Waals surface area contributed by atoms with Gasteiger partial charge >= 0.3 is 12.1 Å². The highest BCUT2D eigenvalue weighted by Gasteiger charge is 2.32. The molecule has 1 heterocycles. The van der Waals surface area contributed by atoms with Gasteiger partial charge in [-0.3, -0.25) is 0 Å². The molecular formula is C8H4ClF3N4O2. The standard InChI is InChI=1S/C8H4ClF3N4O2/c9-5-3-4(16-7(17)13-14-15-16)1-2-6(5)18-8(10,11)12/h1-3H,(H,13,15,17). The molecule has 1 aromatic heterocycles. The van der Waals surface area contributed by atoms with Gasteiger partial charge in [-0.25, -0.2) is 9.89 Å². The molecular weight excluding hydrogens is 277 g/mol. The number of H-pyrrole nitrogens is 1. The number of benzene rings is 1. The lowest BCUT2D eigenvalue weighted by Crippen LogP contribution is -2.18. The highest BCUT2D eigenvalue weighted by molar-refractivity contribution is 6.32. The predicted molar refractivity (Wildman–Crippen MR) is 53.7 cm³/mol. The summed E-state index contributed by atoms with van der Waals surface area (Å²) < 4.78 is 40.5. The summed E-state index contributed by atoms with van der Waals surface area (Å²) >= 11 is 5.61. The molecule has 0 aliphatic heterocycles. The van der Waals surface area contributed by atoms with Gasteiger partial charge in [-0.15, -0.1) is 13.2 Å². The minimum atomic E-state index is -4.84. The van der Waals surface area contributed by atoms with Crippen molar-refractivity contribution in [3.63, 3.8) is 0 Å². The molecule has 1 aromatic carbocycles. The van der Waals surface area contributed by atoms with Crippen molar-refractivity contribution in [2.24, 2.45) is 0 Å². The van der Waals surface area contributed by atoms with E-state index in [9.17, 15) is 18.0 Å². The Kier molecular flexibility index (Phi) is 2.99. The second kappa shape index (κ2) is 4.33. The molecule has 0 amide bonds. The second-order valence-corrected chi connectivity index (χ2v) is 3.49. The van der Waals surface area contributed by atoms with Crippen molar-refractivity contribution in [3.05, 3.63) is 33.7 Å². The van der Waals surface area contributed by atoms with Crippen molar-refractivity contribution in [2.45, 2.75) is 6.36 Å². The topological polar surface area (TPSA) is 72.8 Å². The number of nitrogens with zero attached hydrogens (tertiary/aromatic N) is 3. The molecule has 2 aromatic rings. The Hall–Kier alpha value is -2.03. The van der Waals surface area contributed by atoms with Crippen LogP contribution in [0.3, 0.4) is 0 Å². The van der Waals surface area contributed by atoms with Crippen LogP contribution >= 0.6 is 11.6 Å². The Morgan fingerprint density at radius 2 is 2.11 bits per heavy atom. The quantitative estimate of drug-likeness (QED) is 0.905. The Morgan fingerprint density at radius 3 is 2.61 bits per heavy atom. The van der Waals surface area contributed by atoms with Gasteiger partial charge in [0.25, 0.3) is 0 Å². The van der Waals surface area contributed by atoms with Gasteiger partial charge in [0.1, 0.15) is 5.75 Å². The van der Waals surface area contributed by atoms with Crippen molar-refractivity contribution < 1.29 is 17.9 Å². The second-order valence-electron chi connectivity index (χ2n) is 3.08. The van der Waals surface area contributed by atoms with Gasteiger partial charge in [-0.2, -0.15) is 4.68 Å². The molecule has 0 radical (unpaired) electrons. The van der Waals surface area contributed by atoms with E-state index in [0.29, 0.717) is 0 Å². The minimum Gasteiger partial charge on any atom is -0.404 e. The van der Waals surface area contributed by atoms with Crippen molar-refractivity contribution in [3.8, 4) is 11.4 Å². The average Bonchev–Trinajstić information content (AvgIpc) is 2.66. The van der Waals surface area contributed by atoms with Crippen LogP contribution in [0.25, 0.3) is 5.69 Å². The van der Waals surface area contributed by atoms with E-state index in [1.54, 1.807) is 0 Å². The predicted octanol–water partition coefficient (Wildman–Crippen LogP) is 1.51. The maximum absolute atomic E-state index is 12.0. The first-order valence-electron chi connectivity index (χ1n) is 4.43. The van der Waals surface area contributed by atoms with E-state index in [0.717, 1.165) is 16.8 Å². The van der Waals surface area contributed by atoms with Crippen LogP contribution in [0.4, 0.5) is 13.2 Å². The number of rotatable bonds is 2. The van der Waals surface area contributed by atoms with Gasteiger partial charge in [-0.1, -0.05) is 11.6 Å². The number of aromatic nitrogens is 4. The van der Waals surface area contributed by atoms with E-state index in [-0.39, 0.29) is 10.7 Å². The molecule has 10 heteroatoms. The third kappa shape index (κ3) is 2.62. The zero-order valence-electron chi connectivity index (χ0n) is 8.40. The summed E-state index contributed by atoms with van der Waals surface area (Å²) in [5.41, 5.74) is -0.483. The lowest BCUT2D eigenvalue weighted by Gasteiger charge is -2.10. The summed E-state index contributed by atoms with van der Waals surface area (Å²) in [5.74, 6) is -0.565. The van der Waals surface area contributed by atoms with E-state index in [1.807, 2.05) is 5.10 Å². The van der Waals surface area contributed by atoms with Gasteiger partial charge in [0, 0.05) is 0 Å². The van der Waals surface area contributed by atoms with Gasteiger partial charge in [0.05, 0.1) is 10.7 Å². The monoisotopic (exact) mass is 280 g/mol. The van der Waals surface area contributed by atoms with Crippen molar-refractivity contribution >= 4 is 11.6 Å². The molecule has 1 N–H and O–H groups in total. The molecule has 0 unspecified atom stereocenters. The maximum Gasteiger partial charge on any atom is 0.573 e. The van der Waals surface area contributed by atoms with Gasteiger partial charge in [-0.05, 0) is 28.6 Å². The molecule has 96 valence electrons. The molecule has 0 saturated carbocycles. The molecule has 0 saturated heterocycles. The molecule has 0 fully saturated rings. The van der Waals surface area contributed by atoms with E-state index in [4.69, 9.17) is 11.6 Å². The largest absolute Gasteiger partial charge is 0.573 e. The van der Waals surface area contributed by atoms with Gasteiger partial charge < -0.3 is 4.74 Å². The first kappa shape index (κ1) is 12.4. The molecule has 6 nitrogen and oxygen atoms in total. The van der Waals surface area contributed by atoms with Crippen molar-refractivity contribution in [1.29, 1.82) is 0 Å². The van der Waals surface area contributed by atoms with Crippen molar-refractivity contribution in [1.82, 2.24) is 20.2 Å². The average molecular weight is 281 g/mol. The zero-order valence-corrected chi connectivity index (χ0v) is 9.16. The number of alkyl halides is 3. The third-order valence-corrected chi connectivity index (χ3v) is 2.15. The summed E-state index contributed by atoms with van der Waals surface area (Å²) in [6.07, 6.45) is -4.84. The SMILES string of the molecule is O=c1[nH]nnn1-c1ccc(OC(F)(F)F)c(Cl)c1. The zero-order chi connectivity index (χ0) is 13.3. The Morgan fingerprint density at radius 1 is 1.39 bits per heavy atom. The molecule has 0 aliphatic carbocycles. The third-order valence-electron chi connectivity index (χ3n) is 1.86. The normalized spacial score (nSPS) is 11.6. The number of nitrogens with one attached hydrogen (secondary N) is 1. The molecule has 0 atom stereocenters. The van der Waals surface area contributed by atoms with Crippen LogP contribution in [0.15, 0.2) is 23.0 Å². The maximum atomic E-state index is 12.0. The molecule has 18 heavy (non-hydrogen) atoms. The van der Waals surface area contributed by atoms with E-state index < -0.39 is 17.8 Å². The number of hydrogen-bond acceptors (Lipinski definition) is 4. The first-order chi connectivity index (χ1) is 8.37. The molecule has 2 rings (SSSR count). The van der Waals surface area contributed by atoms with Crippen LogP contribution in [-0.4, -0.2) is 26.6 Å². The number of aromatic amines is 1. The molecule has 0 aliphatic rings. The van der Waals surface area contributed by atoms with Crippen LogP contribution in [0.1, 0.15) is 0 Å². The Balaban J connectivity index is 2.37. The van der Waals surface area contributed by atoms with Crippen LogP contribution in [0.2, 0.25) is 5.02 Å². The highest BCUT2D eigenvalue weighted by Crippen LogP contribution is 2.31. The summed E-state index contributed by atoms with van der Waals surface area (Å²) in [7, 11) is 0.